The first kappa shape index (κ1) is 20.5. The molecule has 158 valence electrons. The van der Waals surface area contributed by atoms with Crippen molar-refractivity contribution in [3.63, 3.8) is 0 Å². The van der Waals surface area contributed by atoms with Gasteiger partial charge in [0.1, 0.15) is 18.2 Å². The number of hydrogen-bond donors (Lipinski definition) is 0. The van der Waals surface area contributed by atoms with Crippen molar-refractivity contribution in [2.45, 2.75) is 52.2 Å². The molecule has 7 nitrogen and oxygen atoms in total. The molecule has 3 heterocycles. The summed E-state index contributed by atoms with van der Waals surface area (Å²) in [5.41, 5.74) is 1.37. The Balaban J connectivity index is 1.54. The quantitative estimate of drug-likeness (QED) is 0.625. The zero-order valence-electron chi connectivity index (χ0n) is 17.1. The lowest BCUT2D eigenvalue weighted by atomic mass is 10.1. The summed E-state index contributed by atoms with van der Waals surface area (Å²) in [6.07, 6.45) is 4.28. The van der Waals surface area contributed by atoms with E-state index in [9.17, 15) is 14.0 Å². The largest absolute Gasteiger partial charge is 0.337 e. The summed E-state index contributed by atoms with van der Waals surface area (Å²) in [6.45, 7) is 2.97. The van der Waals surface area contributed by atoms with E-state index in [4.69, 9.17) is 0 Å². The number of fused-ring (bicyclic) bond motifs is 1. The Kier molecular flexibility index (Phi) is 5.80. The van der Waals surface area contributed by atoms with Crippen molar-refractivity contribution in [3.8, 4) is 11.3 Å². The molecule has 0 saturated heterocycles. The van der Waals surface area contributed by atoms with Gasteiger partial charge in [-0.05, 0) is 49.6 Å². The Morgan fingerprint density at radius 1 is 1.20 bits per heavy atom. The highest BCUT2D eigenvalue weighted by atomic mass is 32.1. The predicted octanol–water partition coefficient (Wildman–Crippen LogP) is 3.00. The number of likely N-dealkylation sites (N-methyl/N-ethyl adjacent to an activating group) is 1. The third kappa shape index (κ3) is 4.07. The standard InChI is InChI=1S/C21H24FN5O2S/c1-14-20(15-7-9-16(22)10-8-15)27(21(29)30-14)13-19(28)25(2)12-18-24-23-17-6-4-3-5-11-26(17)18/h7-10H,3-6,11-13H2,1-2H3. The number of rotatable bonds is 5. The summed E-state index contributed by atoms with van der Waals surface area (Å²) in [4.78, 5) is 27.6. The third-order valence-corrected chi connectivity index (χ3v) is 6.36. The average Bonchev–Trinajstić information content (AvgIpc) is 3.11. The summed E-state index contributed by atoms with van der Waals surface area (Å²) in [5, 5.41) is 8.56. The van der Waals surface area contributed by atoms with Gasteiger partial charge in [0.05, 0.1) is 12.2 Å². The van der Waals surface area contributed by atoms with Gasteiger partial charge in [0, 0.05) is 24.9 Å². The van der Waals surface area contributed by atoms with Crippen LogP contribution >= 0.6 is 11.3 Å². The van der Waals surface area contributed by atoms with Crippen LogP contribution in [-0.2, 0) is 30.8 Å². The van der Waals surface area contributed by atoms with Crippen molar-refractivity contribution in [2.75, 3.05) is 7.05 Å². The fraction of sp³-hybridized carbons (Fsp3) is 0.429. The molecule has 0 fully saturated rings. The highest BCUT2D eigenvalue weighted by molar-refractivity contribution is 7.09. The number of hydrogen-bond acceptors (Lipinski definition) is 5. The summed E-state index contributed by atoms with van der Waals surface area (Å²) >= 11 is 1.09. The van der Waals surface area contributed by atoms with Crippen molar-refractivity contribution >= 4 is 17.2 Å². The van der Waals surface area contributed by atoms with Gasteiger partial charge < -0.3 is 9.47 Å². The first-order valence-corrected chi connectivity index (χ1v) is 10.9. The molecule has 0 atom stereocenters. The molecule has 3 aromatic rings. The predicted molar refractivity (Wildman–Crippen MR) is 113 cm³/mol. The molecule has 0 saturated carbocycles. The van der Waals surface area contributed by atoms with Crippen molar-refractivity contribution < 1.29 is 9.18 Å². The normalized spacial score (nSPS) is 13.7. The van der Waals surface area contributed by atoms with E-state index in [0.717, 1.165) is 53.7 Å². The van der Waals surface area contributed by atoms with Crippen LogP contribution < -0.4 is 4.87 Å². The molecule has 0 bridgehead atoms. The van der Waals surface area contributed by atoms with Gasteiger partial charge in [-0.2, -0.15) is 0 Å². The second-order valence-electron chi connectivity index (χ2n) is 7.61. The second kappa shape index (κ2) is 8.51. The van der Waals surface area contributed by atoms with Crippen molar-refractivity contribution in [3.05, 3.63) is 56.3 Å². The number of halogens is 1. The monoisotopic (exact) mass is 429 g/mol. The van der Waals surface area contributed by atoms with Crippen LogP contribution in [0.4, 0.5) is 4.39 Å². The number of carbonyl (C=O) groups excluding carboxylic acids is 1. The maximum atomic E-state index is 13.3. The van der Waals surface area contributed by atoms with E-state index in [0.29, 0.717) is 17.8 Å². The Morgan fingerprint density at radius 2 is 1.97 bits per heavy atom. The molecule has 0 unspecified atom stereocenters. The number of aryl methyl sites for hydroxylation is 2. The van der Waals surface area contributed by atoms with Gasteiger partial charge in [-0.15, -0.1) is 10.2 Å². The molecule has 0 radical (unpaired) electrons. The number of amides is 1. The fourth-order valence-electron chi connectivity index (χ4n) is 3.84. The third-order valence-electron chi connectivity index (χ3n) is 5.47. The van der Waals surface area contributed by atoms with Crippen LogP contribution in [0.25, 0.3) is 11.3 Å². The molecule has 1 aliphatic rings. The Bertz CT molecular complexity index is 1120. The van der Waals surface area contributed by atoms with Crippen LogP contribution in [0.15, 0.2) is 29.1 Å². The molecule has 0 aliphatic carbocycles. The van der Waals surface area contributed by atoms with Gasteiger partial charge in [-0.1, -0.05) is 17.8 Å². The van der Waals surface area contributed by atoms with Gasteiger partial charge in [0.2, 0.25) is 5.91 Å². The molecule has 1 aromatic carbocycles. The van der Waals surface area contributed by atoms with Gasteiger partial charge in [0.15, 0.2) is 5.82 Å². The molecule has 1 aliphatic heterocycles. The molecule has 2 aromatic heterocycles. The molecule has 1 amide bonds. The lowest BCUT2D eigenvalue weighted by Gasteiger charge is -2.18. The topological polar surface area (TPSA) is 73.0 Å². The minimum Gasteiger partial charge on any atom is -0.337 e. The Labute approximate surface area is 177 Å². The summed E-state index contributed by atoms with van der Waals surface area (Å²) in [5.74, 6) is 1.22. The highest BCUT2D eigenvalue weighted by Gasteiger charge is 2.21. The van der Waals surface area contributed by atoms with Crippen molar-refractivity contribution in [1.29, 1.82) is 0 Å². The SMILES string of the molecule is Cc1sc(=O)n(CC(=O)N(C)Cc2nnc3n2CCCCC3)c1-c1ccc(F)cc1. The smallest absolute Gasteiger partial charge is 0.308 e. The molecule has 0 spiro atoms. The molecular formula is C21H24FN5O2S. The molecule has 4 rings (SSSR count). The van der Waals surface area contributed by atoms with E-state index in [1.54, 1.807) is 24.1 Å². The van der Waals surface area contributed by atoms with E-state index >= 15 is 0 Å². The Morgan fingerprint density at radius 3 is 2.73 bits per heavy atom. The van der Waals surface area contributed by atoms with Crippen LogP contribution in [0.3, 0.4) is 0 Å². The number of benzene rings is 1. The van der Waals surface area contributed by atoms with Crippen LogP contribution in [0.5, 0.6) is 0 Å². The van der Waals surface area contributed by atoms with Crippen molar-refractivity contribution in [2.24, 2.45) is 0 Å². The van der Waals surface area contributed by atoms with E-state index in [1.165, 1.54) is 23.1 Å². The van der Waals surface area contributed by atoms with Crippen molar-refractivity contribution in [1.82, 2.24) is 24.2 Å². The maximum Gasteiger partial charge on any atom is 0.308 e. The average molecular weight is 430 g/mol. The number of nitrogens with zero attached hydrogens (tertiary/aromatic N) is 5. The van der Waals surface area contributed by atoms with E-state index in [-0.39, 0.29) is 23.1 Å². The van der Waals surface area contributed by atoms with Crippen LogP contribution in [0.1, 0.15) is 35.8 Å². The second-order valence-corrected chi connectivity index (χ2v) is 8.78. The molecule has 30 heavy (non-hydrogen) atoms. The van der Waals surface area contributed by atoms with E-state index in [2.05, 4.69) is 14.8 Å². The molecule has 0 N–H and O–H groups in total. The van der Waals surface area contributed by atoms with Gasteiger partial charge in [-0.3, -0.25) is 14.2 Å². The summed E-state index contributed by atoms with van der Waals surface area (Å²) in [6, 6.07) is 5.96. The van der Waals surface area contributed by atoms with Crippen LogP contribution in [0, 0.1) is 12.7 Å². The number of aromatic nitrogens is 4. The lowest BCUT2D eigenvalue weighted by molar-refractivity contribution is -0.131. The first-order valence-electron chi connectivity index (χ1n) is 10.0. The molecule has 9 heteroatoms. The fourth-order valence-corrected chi connectivity index (χ4v) is 4.70. The zero-order chi connectivity index (χ0) is 21.3. The van der Waals surface area contributed by atoms with Gasteiger partial charge in [0.25, 0.3) is 0 Å². The first-order chi connectivity index (χ1) is 14.4. The number of thiazole rings is 1. The zero-order valence-corrected chi connectivity index (χ0v) is 17.9. The van der Waals surface area contributed by atoms with E-state index < -0.39 is 0 Å². The van der Waals surface area contributed by atoms with Crippen LogP contribution in [0.2, 0.25) is 0 Å². The minimum atomic E-state index is -0.344. The van der Waals surface area contributed by atoms with Crippen LogP contribution in [-0.4, -0.2) is 37.2 Å². The molecular weight excluding hydrogens is 405 g/mol. The van der Waals surface area contributed by atoms with Gasteiger partial charge >= 0.3 is 4.87 Å². The van der Waals surface area contributed by atoms with E-state index in [1.807, 2.05) is 6.92 Å². The Hall–Kier alpha value is -2.81. The minimum absolute atomic E-state index is 0.0760. The maximum absolute atomic E-state index is 13.3. The highest BCUT2D eigenvalue weighted by Crippen LogP contribution is 2.25. The summed E-state index contributed by atoms with van der Waals surface area (Å²) in [7, 11) is 1.71. The summed E-state index contributed by atoms with van der Waals surface area (Å²) < 4.78 is 16.9. The number of carbonyl (C=O) groups is 1. The van der Waals surface area contributed by atoms with Gasteiger partial charge in [-0.25, -0.2) is 4.39 Å². The lowest BCUT2D eigenvalue weighted by Crippen LogP contribution is -2.33.